The summed E-state index contributed by atoms with van der Waals surface area (Å²) in [5.41, 5.74) is -0.232. The van der Waals surface area contributed by atoms with Crippen LogP contribution in [0.4, 0.5) is 0 Å². The highest BCUT2D eigenvalue weighted by Gasteiger charge is 2.56. The number of hydrogen-bond acceptors (Lipinski definition) is 5. The van der Waals surface area contributed by atoms with E-state index in [0.29, 0.717) is 18.6 Å². The van der Waals surface area contributed by atoms with Crippen LogP contribution in [0.25, 0.3) is 0 Å². The summed E-state index contributed by atoms with van der Waals surface area (Å²) in [6, 6.07) is 0. The predicted molar refractivity (Wildman–Crippen MR) is 73.5 cm³/mol. The second-order valence-electron chi connectivity index (χ2n) is 5.77. The van der Waals surface area contributed by atoms with Crippen LogP contribution >= 0.6 is 0 Å². The maximum absolute atomic E-state index is 12.3. The summed E-state index contributed by atoms with van der Waals surface area (Å²) in [7, 11) is 0. The molecule has 2 rings (SSSR count). The maximum Gasteiger partial charge on any atom is 0.324 e. The van der Waals surface area contributed by atoms with Crippen LogP contribution in [-0.2, 0) is 19.1 Å². The van der Waals surface area contributed by atoms with Gasteiger partial charge in [0.2, 0.25) is 5.60 Å². The average molecular weight is 296 g/mol. The maximum atomic E-state index is 12.3. The molecule has 7 nitrogen and oxygen atoms in total. The van der Waals surface area contributed by atoms with Gasteiger partial charge in [0.1, 0.15) is 0 Å². The fourth-order valence-corrected chi connectivity index (χ4v) is 2.53. The molecule has 2 N–H and O–H groups in total. The average Bonchev–Trinajstić information content (AvgIpc) is 2.61. The Morgan fingerprint density at radius 2 is 2.10 bits per heavy atom. The normalized spacial score (nSPS) is 26.6. The van der Waals surface area contributed by atoms with E-state index in [1.807, 2.05) is 6.92 Å². The first-order valence-corrected chi connectivity index (χ1v) is 7.21. The van der Waals surface area contributed by atoms with Gasteiger partial charge in [0, 0.05) is 0 Å². The summed E-state index contributed by atoms with van der Waals surface area (Å²) in [5, 5.41) is 13.2. The summed E-state index contributed by atoms with van der Waals surface area (Å²) in [4.78, 5) is 35.6. The van der Waals surface area contributed by atoms with Crippen molar-refractivity contribution in [1.29, 1.82) is 0 Å². The van der Waals surface area contributed by atoms with E-state index in [-0.39, 0.29) is 12.8 Å². The molecule has 0 aromatic heterocycles. The molecule has 2 aliphatic rings. The molecule has 1 unspecified atom stereocenters. The van der Waals surface area contributed by atoms with Gasteiger partial charge in [-0.15, -0.1) is 0 Å². The number of hydrazone groups is 1. The van der Waals surface area contributed by atoms with Crippen LogP contribution in [0, 0.1) is 5.41 Å². The molecule has 0 spiro atoms. The molecule has 21 heavy (non-hydrogen) atoms. The topological polar surface area (TPSA) is 105 Å². The number of nitrogens with zero attached hydrogens (tertiary/aromatic N) is 1. The number of amides is 1. The van der Waals surface area contributed by atoms with Crippen molar-refractivity contribution in [3.8, 4) is 0 Å². The molecule has 0 bridgehead atoms. The minimum atomic E-state index is -1.50. The number of unbranched alkanes of at least 4 members (excludes halogenated alkanes) is 1. The molecule has 0 saturated heterocycles. The quantitative estimate of drug-likeness (QED) is 0.566. The number of carboxylic acid groups (broad SMARTS) is 1. The minimum Gasteiger partial charge on any atom is -0.480 e. The van der Waals surface area contributed by atoms with Crippen molar-refractivity contribution >= 4 is 23.6 Å². The first kappa shape index (κ1) is 15.5. The van der Waals surface area contributed by atoms with Crippen molar-refractivity contribution in [1.82, 2.24) is 5.43 Å². The zero-order valence-corrected chi connectivity index (χ0v) is 12.3. The molecular formula is C14H20N2O5. The van der Waals surface area contributed by atoms with Gasteiger partial charge in [-0.25, -0.2) is 5.43 Å². The van der Waals surface area contributed by atoms with Crippen LogP contribution in [0.1, 0.15) is 52.4 Å². The molecule has 1 amide bonds. The fourth-order valence-electron chi connectivity index (χ4n) is 2.53. The third kappa shape index (κ3) is 2.41. The summed E-state index contributed by atoms with van der Waals surface area (Å²) in [6.45, 7) is 3.47. The Bertz CT molecular complexity index is 509. The fraction of sp³-hybridized carbons (Fsp3) is 0.714. The number of ether oxygens (including phenoxy) is 1. The highest BCUT2D eigenvalue weighted by Crippen LogP contribution is 2.43. The summed E-state index contributed by atoms with van der Waals surface area (Å²) < 4.78 is 5.33. The Morgan fingerprint density at radius 3 is 2.57 bits per heavy atom. The molecule has 1 aliphatic heterocycles. The third-order valence-electron chi connectivity index (χ3n) is 4.35. The first-order chi connectivity index (χ1) is 9.86. The van der Waals surface area contributed by atoms with Gasteiger partial charge in [-0.1, -0.05) is 13.3 Å². The zero-order valence-electron chi connectivity index (χ0n) is 12.3. The highest BCUT2D eigenvalue weighted by molar-refractivity contribution is 6.16. The Labute approximate surface area is 122 Å². The zero-order chi connectivity index (χ0) is 15.7. The third-order valence-corrected chi connectivity index (χ3v) is 4.35. The van der Waals surface area contributed by atoms with Crippen molar-refractivity contribution in [2.24, 2.45) is 10.5 Å². The van der Waals surface area contributed by atoms with Crippen molar-refractivity contribution in [3.63, 3.8) is 0 Å². The number of carboxylic acids is 1. The van der Waals surface area contributed by atoms with Gasteiger partial charge in [0.05, 0.1) is 5.71 Å². The summed E-state index contributed by atoms with van der Waals surface area (Å²) in [5.74, 6) is -2.56. The van der Waals surface area contributed by atoms with Crippen LogP contribution in [-0.4, -0.2) is 34.3 Å². The van der Waals surface area contributed by atoms with Gasteiger partial charge in [0.25, 0.3) is 5.91 Å². The standard InChI is InChI=1S/C14H20N2O5/c1-3-4-6-9-13(2,10(17)16-15-9)21-12(20)14(11(18)19)7-5-8-14/h3-8H2,1-2H3,(H,16,17)(H,18,19). The van der Waals surface area contributed by atoms with E-state index in [2.05, 4.69) is 10.5 Å². The molecular weight excluding hydrogens is 276 g/mol. The lowest BCUT2D eigenvalue weighted by molar-refractivity contribution is -0.183. The molecule has 0 aromatic rings. The van der Waals surface area contributed by atoms with E-state index >= 15 is 0 Å². The van der Waals surface area contributed by atoms with Crippen molar-refractivity contribution in [2.45, 2.75) is 58.0 Å². The SMILES string of the molecule is CCCCC1=NNC(=O)C1(C)OC(=O)C1(C(=O)O)CCC1. The monoisotopic (exact) mass is 296 g/mol. The number of esters is 1. The Kier molecular flexibility index (Phi) is 4.02. The Balaban J connectivity index is 2.16. The van der Waals surface area contributed by atoms with Gasteiger partial charge in [-0.3, -0.25) is 14.4 Å². The highest BCUT2D eigenvalue weighted by atomic mass is 16.6. The molecule has 0 radical (unpaired) electrons. The molecule has 1 atom stereocenters. The van der Waals surface area contributed by atoms with E-state index in [0.717, 1.165) is 12.8 Å². The number of hydrogen-bond donors (Lipinski definition) is 2. The van der Waals surface area contributed by atoms with Crippen LogP contribution in [0.3, 0.4) is 0 Å². The molecule has 7 heteroatoms. The lowest BCUT2D eigenvalue weighted by Gasteiger charge is -2.37. The van der Waals surface area contributed by atoms with Gasteiger partial charge < -0.3 is 9.84 Å². The smallest absolute Gasteiger partial charge is 0.324 e. The Hall–Kier alpha value is -1.92. The molecule has 0 aromatic carbocycles. The van der Waals surface area contributed by atoms with E-state index in [9.17, 15) is 19.5 Å². The lowest BCUT2D eigenvalue weighted by Crippen LogP contribution is -2.53. The first-order valence-electron chi connectivity index (χ1n) is 7.21. The van der Waals surface area contributed by atoms with Gasteiger partial charge in [-0.05, 0) is 39.0 Å². The number of nitrogens with one attached hydrogen (secondary N) is 1. The minimum absolute atomic E-state index is 0.250. The van der Waals surface area contributed by atoms with Crippen molar-refractivity contribution in [2.75, 3.05) is 0 Å². The van der Waals surface area contributed by atoms with Gasteiger partial charge in [0.15, 0.2) is 5.41 Å². The summed E-state index contributed by atoms with van der Waals surface area (Å²) >= 11 is 0. The van der Waals surface area contributed by atoms with Crippen molar-refractivity contribution < 1.29 is 24.2 Å². The molecule has 1 heterocycles. The van der Waals surface area contributed by atoms with Gasteiger partial charge >= 0.3 is 11.9 Å². The molecule has 116 valence electrons. The van der Waals surface area contributed by atoms with Crippen LogP contribution in [0.15, 0.2) is 5.10 Å². The van der Waals surface area contributed by atoms with Crippen LogP contribution < -0.4 is 5.43 Å². The number of carbonyl (C=O) groups is 3. The number of carbonyl (C=O) groups excluding carboxylic acids is 2. The van der Waals surface area contributed by atoms with Crippen LogP contribution in [0.5, 0.6) is 0 Å². The van der Waals surface area contributed by atoms with E-state index in [1.54, 1.807) is 0 Å². The largest absolute Gasteiger partial charge is 0.480 e. The van der Waals surface area contributed by atoms with E-state index in [1.165, 1.54) is 6.92 Å². The second kappa shape index (κ2) is 5.46. The van der Waals surface area contributed by atoms with E-state index in [4.69, 9.17) is 4.74 Å². The molecule has 1 aliphatic carbocycles. The van der Waals surface area contributed by atoms with E-state index < -0.39 is 28.9 Å². The number of aliphatic carboxylic acids is 1. The van der Waals surface area contributed by atoms with Crippen molar-refractivity contribution in [3.05, 3.63) is 0 Å². The number of rotatable bonds is 6. The van der Waals surface area contributed by atoms with Crippen LogP contribution in [0.2, 0.25) is 0 Å². The summed E-state index contributed by atoms with van der Waals surface area (Å²) in [6.07, 6.45) is 3.42. The lowest BCUT2D eigenvalue weighted by atomic mass is 9.68. The predicted octanol–water partition coefficient (Wildman–Crippen LogP) is 1.22. The molecule has 1 saturated carbocycles. The Morgan fingerprint density at radius 1 is 1.43 bits per heavy atom. The second-order valence-corrected chi connectivity index (χ2v) is 5.77. The molecule has 1 fully saturated rings. The van der Waals surface area contributed by atoms with Gasteiger partial charge in [-0.2, -0.15) is 5.10 Å².